The molecule has 0 saturated heterocycles. The standard InChI is InChI=1S/C20H17ClN2O7S/c1-31(27,28)30-16-5-2-4-14(10-16)12-22(13-17-6-3-9-29-17)20(24)18-8-7-15(23(25)26)11-19(18)21/h2-11H,12-13H2,1H3. The first-order valence-corrected chi connectivity index (χ1v) is 11.1. The van der Waals surface area contributed by atoms with Gasteiger partial charge >= 0.3 is 10.1 Å². The van der Waals surface area contributed by atoms with Crippen LogP contribution < -0.4 is 4.18 Å². The van der Waals surface area contributed by atoms with Gasteiger partial charge in [0, 0.05) is 18.7 Å². The van der Waals surface area contributed by atoms with Gasteiger partial charge in [-0.2, -0.15) is 8.42 Å². The molecule has 162 valence electrons. The van der Waals surface area contributed by atoms with Crippen molar-refractivity contribution in [2.75, 3.05) is 6.26 Å². The Bertz CT molecular complexity index is 1210. The van der Waals surface area contributed by atoms with E-state index in [2.05, 4.69) is 0 Å². The summed E-state index contributed by atoms with van der Waals surface area (Å²) in [6.07, 6.45) is 2.40. The number of non-ortho nitro benzene ring substituents is 1. The predicted octanol–water partition coefficient (Wildman–Crippen LogP) is 4.02. The Morgan fingerprint density at radius 2 is 1.94 bits per heavy atom. The predicted molar refractivity (Wildman–Crippen MR) is 112 cm³/mol. The zero-order valence-corrected chi connectivity index (χ0v) is 17.8. The summed E-state index contributed by atoms with van der Waals surface area (Å²) in [7, 11) is -3.71. The molecule has 2 aromatic carbocycles. The average Bonchev–Trinajstić information content (AvgIpc) is 3.19. The first-order chi connectivity index (χ1) is 14.6. The summed E-state index contributed by atoms with van der Waals surface area (Å²) < 4.78 is 33.0. The van der Waals surface area contributed by atoms with Crippen LogP contribution in [0.25, 0.3) is 0 Å². The molecule has 3 rings (SSSR count). The topological polar surface area (TPSA) is 120 Å². The monoisotopic (exact) mass is 464 g/mol. The van der Waals surface area contributed by atoms with Crippen LogP contribution in [-0.4, -0.2) is 30.4 Å². The van der Waals surface area contributed by atoms with E-state index >= 15 is 0 Å². The molecule has 0 unspecified atom stereocenters. The Hall–Kier alpha value is -3.37. The molecule has 0 aliphatic heterocycles. The van der Waals surface area contributed by atoms with Crippen molar-refractivity contribution in [2.45, 2.75) is 13.1 Å². The second-order valence-electron chi connectivity index (χ2n) is 6.60. The fourth-order valence-corrected chi connectivity index (χ4v) is 3.55. The Morgan fingerprint density at radius 3 is 2.55 bits per heavy atom. The second kappa shape index (κ2) is 9.19. The molecule has 0 spiro atoms. The zero-order chi connectivity index (χ0) is 22.6. The van der Waals surface area contributed by atoms with E-state index < -0.39 is 20.9 Å². The normalized spacial score (nSPS) is 11.2. The van der Waals surface area contributed by atoms with Crippen LogP contribution in [0.2, 0.25) is 5.02 Å². The van der Waals surface area contributed by atoms with Crippen molar-refractivity contribution in [3.05, 3.63) is 92.9 Å². The van der Waals surface area contributed by atoms with E-state index in [4.69, 9.17) is 20.2 Å². The van der Waals surface area contributed by atoms with Gasteiger partial charge in [-0.25, -0.2) is 0 Å². The van der Waals surface area contributed by atoms with Crippen molar-refractivity contribution in [3.8, 4) is 5.75 Å². The van der Waals surface area contributed by atoms with E-state index in [0.29, 0.717) is 11.3 Å². The Kier molecular flexibility index (Phi) is 6.62. The highest BCUT2D eigenvalue weighted by atomic mass is 35.5. The molecule has 1 amide bonds. The van der Waals surface area contributed by atoms with E-state index in [1.807, 2.05) is 0 Å². The number of hydrogen-bond acceptors (Lipinski definition) is 7. The largest absolute Gasteiger partial charge is 0.467 e. The van der Waals surface area contributed by atoms with E-state index in [-0.39, 0.29) is 35.1 Å². The maximum absolute atomic E-state index is 13.2. The minimum atomic E-state index is -3.71. The minimum Gasteiger partial charge on any atom is -0.467 e. The number of carbonyl (C=O) groups excluding carboxylic acids is 1. The molecular formula is C20H17ClN2O7S. The summed E-state index contributed by atoms with van der Waals surface area (Å²) in [5.74, 6) is 0.138. The van der Waals surface area contributed by atoms with Crippen LogP contribution in [0.3, 0.4) is 0 Å². The van der Waals surface area contributed by atoms with Crippen molar-refractivity contribution >= 4 is 33.3 Å². The van der Waals surface area contributed by atoms with E-state index in [0.717, 1.165) is 12.3 Å². The summed E-state index contributed by atoms with van der Waals surface area (Å²) >= 11 is 6.13. The molecule has 0 radical (unpaired) electrons. The van der Waals surface area contributed by atoms with Crippen LogP contribution in [0.4, 0.5) is 5.69 Å². The minimum absolute atomic E-state index is 0.0576. The van der Waals surface area contributed by atoms with Gasteiger partial charge < -0.3 is 13.5 Å². The molecule has 9 nitrogen and oxygen atoms in total. The van der Waals surface area contributed by atoms with Crippen LogP contribution in [0, 0.1) is 10.1 Å². The first kappa shape index (κ1) is 22.3. The molecule has 11 heteroatoms. The number of hydrogen-bond donors (Lipinski definition) is 0. The van der Waals surface area contributed by atoms with Gasteiger partial charge in [0.05, 0.1) is 34.6 Å². The van der Waals surface area contributed by atoms with Gasteiger partial charge in [-0.1, -0.05) is 23.7 Å². The van der Waals surface area contributed by atoms with Crippen LogP contribution >= 0.6 is 11.6 Å². The number of furan rings is 1. The van der Waals surface area contributed by atoms with Crippen LogP contribution in [-0.2, 0) is 23.2 Å². The summed E-state index contributed by atoms with van der Waals surface area (Å²) in [5, 5.41) is 10.9. The summed E-state index contributed by atoms with van der Waals surface area (Å²) in [5.41, 5.74) is 0.450. The van der Waals surface area contributed by atoms with E-state index in [1.165, 1.54) is 35.4 Å². The van der Waals surface area contributed by atoms with Gasteiger partial charge in [-0.3, -0.25) is 14.9 Å². The Labute approximate surface area is 183 Å². The highest BCUT2D eigenvalue weighted by molar-refractivity contribution is 7.86. The molecule has 0 saturated carbocycles. The molecule has 0 bridgehead atoms. The molecule has 1 heterocycles. The van der Waals surface area contributed by atoms with Gasteiger partial charge in [-0.15, -0.1) is 0 Å². The van der Waals surface area contributed by atoms with Crippen molar-refractivity contribution in [3.63, 3.8) is 0 Å². The first-order valence-electron chi connectivity index (χ1n) is 8.86. The van der Waals surface area contributed by atoms with Gasteiger partial charge in [0.2, 0.25) is 0 Å². The highest BCUT2D eigenvalue weighted by Gasteiger charge is 2.22. The fraction of sp³-hybridized carbons (Fsp3) is 0.150. The molecule has 3 aromatic rings. The molecular weight excluding hydrogens is 448 g/mol. The zero-order valence-electron chi connectivity index (χ0n) is 16.2. The lowest BCUT2D eigenvalue weighted by Gasteiger charge is -2.22. The molecule has 0 aliphatic rings. The third kappa shape index (κ3) is 6.06. The lowest BCUT2D eigenvalue weighted by molar-refractivity contribution is -0.384. The number of rotatable bonds is 8. The molecule has 31 heavy (non-hydrogen) atoms. The van der Waals surface area contributed by atoms with E-state index in [1.54, 1.807) is 24.3 Å². The highest BCUT2D eigenvalue weighted by Crippen LogP contribution is 2.26. The smallest absolute Gasteiger partial charge is 0.306 e. The number of nitrogens with zero attached hydrogens (tertiary/aromatic N) is 2. The maximum atomic E-state index is 13.2. The molecule has 0 fully saturated rings. The van der Waals surface area contributed by atoms with Gasteiger partial charge in [-0.05, 0) is 35.9 Å². The van der Waals surface area contributed by atoms with Crippen molar-refractivity contribution in [1.82, 2.24) is 4.90 Å². The summed E-state index contributed by atoms with van der Waals surface area (Å²) in [6, 6.07) is 13.3. The van der Waals surface area contributed by atoms with Crippen molar-refractivity contribution in [2.24, 2.45) is 0 Å². The quantitative estimate of drug-likeness (QED) is 0.280. The SMILES string of the molecule is CS(=O)(=O)Oc1cccc(CN(Cc2ccco2)C(=O)c2ccc([N+](=O)[O-])cc2Cl)c1. The van der Waals surface area contributed by atoms with E-state index in [9.17, 15) is 23.3 Å². The molecule has 0 atom stereocenters. The van der Waals surface area contributed by atoms with Gasteiger partial charge in [0.1, 0.15) is 11.5 Å². The lowest BCUT2D eigenvalue weighted by Crippen LogP contribution is -2.30. The number of nitro benzene ring substituents is 1. The summed E-state index contributed by atoms with van der Waals surface area (Å²) in [4.78, 5) is 24.9. The van der Waals surface area contributed by atoms with Crippen LogP contribution in [0.1, 0.15) is 21.7 Å². The number of halogens is 1. The molecule has 1 aromatic heterocycles. The van der Waals surface area contributed by atoms with Crippen LogP contribution in [0.15, 0.2) is 65.3 Å². The van der Waals surface area contributed by atoms with Crippen molar-refractivity contribution in [1.29, 1.82) is 0 Å². The third-order valence-corrected chi connectivity index (χ3v) is 4.94. The number of amides is 1. The molecule has 0 aliphatic carbocycles. The lowest BCUT2D eigenvalue weighted by atomic mass is 10.1. The van der Waals surface area contributed by atoms with Gasteiger partial charge in [0.25, 0.3) is 11.6 Å². The average molecular weight is 465 g/mol. The number of nitro groups is 1. The maximum Gasteiger partial charge on any atom is 0.306 e. The van der Waals surface area contributed by atoms with Crippen LogP contribution in [0.5, 0.6) is 5.75 Å². The fourth-order valence-electron chi connectivity index (χ4n) is 2.84. The van der Waals surface area contributed by atoms with Gasteiger partial charge in [0.15, 0.2) is 0 Å². The Morgan fingerprint density at radius 1 is 1.16 bits per heavy atom. The Balaban J connectivity index is 1.91. The van der Waals surface area contributed by atoms with Crippen molar-refractivity contribution < 1.29 is 26.7 Å². The second-order valence-corrected chi connectivity index (χ2v) is 8.58. The number of benzene rings is 2. The number of carbonyl (C=O) groups is 1. The molecule has 0 N–H and O–H groups in total. The third-order valence-electron chi connectivity index (χ3n) is 4.13. The summed E-state index contributed by atoms with van der Waals surface area (Å²) in [6.45, 7) is 0.171.